The molecule has 2 N–H and O–H groups in total. The molecule has 0 aliphatic heterocycles. The fourth-order valence-corrected chi connectivity index (χ4v) is 2.68. The molecular weight excluding hydrogens is 304 g/mol. The Morgan fingerprint density at radius 3 is 2.43 bits per heavy atom. The molecule has 2 rings (SSSR count). The lowest BCUT2D eigenvalue weighted by molar-refractivity contribution is 0.417. The molecule has 0 saturated carbocycles. The van der Waals surface area contributed by atoms with Crippen molar-refractivity contribution in [1.29, 1.82) is 0 Å². The van der Waals surface area contributed by atoms with Crippen LogP contribution in [0.2, 0.25) is 0 Å². The molecule has 0 heterocycles. The van der Waals surface area contributed by atoms with E-state index in [1.807, 2.05) is 25.1 Å². The fourth-order valence-electron chi connectivity index (χ4n) is 2.39. The van der Waals surface area contributed by atoms with Crippen LogP contribution < -0.4 is 15.4 Å². The van der Waals surface area contributed by atoms with Crippen LogP contribution in [0.25, 0.3) is 0 Å². The average molecular weight is 328 g/mol. The van der Waals surface area contributed by atoms with Crippen LogP contribution in [0.15, 0.2) is 36.4 Å². The lowest BCUT2D eigenvalue weighted by Gasteiger charge is -2.19. The maximum atomic E-state index is 5.44. The topological polar surface area (TPSA) is 33.3 Å². The first kappa shape index (κ1) is 17.3. The van der Waals surface area contributed by atoms with Gasteiger partial charge in [-0.1, -0.05) is 24.3 Å². The van der Waals surface area contributed by atoms with E-state index in [0.717, 1.165) is 17.0 Å². The molecule has 0 aliphatic carbocycles. The highest BCUT2D eigenvalue weighted by atomic mass is 32.1. The predicted octanol–water partition coefficient (Wildman–Crippen LogP) is 4.67. The molecule has 0 bridgehead atoms. The van der Waals surface area contributed by atoms with Crippen molar-refractivity contribution in [3.8, 4) is 5.75 Å². The lowest BCUT2D eigenvalue weighted by atomic mass is 10.0. The molecule has 0 amide bonds. The number of rotatable bonds is 4. The van der Waals surface area contributed by atoms with Crippen molar-refractivity contribution in [3.05, 3.63) is 58.7 Å². The summed E-state index contributed by atoms with van der Waals surface area (Å²) in [7, 11) is 1.66. The molecule has 23 heavy (non-hydrogen) atoms. The Balaban J connectivity index is 2.07. The Hall–Kier alpha value is -2.07. The first-order chi connectivity index (χ1) is 10.9. The van der Waals surface area contributed by atoms with Crippen LogP contribution in [0.5, 0.6) is 5.75 Å². The molecule has 0 spiro atoms. The first-order valence-corrected chi connectivity index (χ1v) is 8.11. The number of anilines is 1. The highest BCUT2D eigenvalue weighted by molar-refractivity contribution is 7.80. The minimum absolute atomic E-state index is 0.130. The number of thiocarbonyl (C=S) groups is 1. The Labute approximate surface area is 144 Å². The second kappa shape index (κ2) is 7.47. The van der Waals surface area contributed by atoms with Gasteiger partial charge in [0.2, 0.25) is 0 Å². The third-order valence-electron chi connectivity index (χ3n) is 3.98. The van der Waals surface area contributed by atoms with Crippen molar-refractivity contribution in [2.45, 2.75) is 33.7 Å². The van der Waals surface area contributed by atoms with Gasteiger partial charge in [0.05, 0.1) is 18.8 Å². The van der Waals surface area contributed by atoms with Gasteiger partial charge in [-0.25, -0.2) is 0 Å². The van der Waals surface area contributed by atoms with E-state index in [9.17, 15) is 0 Å². The normalized spacial score (nSPS) is 11.7. The molecule has 0 fully saturated rings. The Bertz CT molecular complexity index is 713. The Kier molecular flexibility index (Phi) is 5.61. The number of hydrogen-bond acceptors (Lipinski definition) is 2. The third-order valence-corrected chi connectivity index (χ3v) is 4.20. The maximum Gasteiger partial charge on any atom is 0.171 e. The van der Waals surface area contributed by atoms with Crippen molar-refractivity contribution in [1.82, 2.24) is 5.32 Å². The molecule has 4 heteroatoms. The van der Waals surface area contributed by atoms with Gasteiger partial charge in [0.1, 0.15) is 5.75 Å². The lowest BCUT2D eigenvalue weighted by Crippen LogP contribution is -2.31. The smallest absolute Gasteiger partial charge is 0.171 e. The monoisotopic (exact) mass is 328 g/mol. The van der Waals surface area contributed by atoms with Gasteiger partial charge in [0, 0.05) is 0 Å². The molecular formula is C19H24N2OS. The van der Waals surface area contributed by atoms with E-state index < -0.39 is 0 Å². The summed E-state index contributed by atoms with van der Waals surface area (Å²) in [4.78, 5) is 0. The predicted molar refractivity (Wildman–Crippen MR) is 101 cm³/mol. The quantitative estimate of drug-likeness (QED) is 0.799. The minimum atomic E-state index is 0.130. The van der Waals surface area contributed by atoms with Gasteiger partial charge in [0.15, 0.2) is 5.11 Å². The first-order valence-electron chi connectivity index (χ1n) is 7.70. The summed E-state index contributed by atoms with van der Waals surface area (Å²) in [6.07, 6.45) is 0. The van der Waals surface area contributed by atoms with E-state index in [2.05, 4.69) is 49.6 Å². The third kappa shape index (κ3) is 4.45. The van der Waals surface area contributed by atoms with Gasteiger partial charge in [-0.2, -0.15) is 0 Å². The highest BCUT2D eigenvalue weighted by Crippen LogP contribution is 2.25. The Morgan fingerprint density at radius 2 is 1.78 bits per heavy atom. The average Bonchev–Trinajstić information content (AvgIpc) is 2.50. The van der Waals surface area contributed by atoms with Crippen molar-refractivity contribution in [3.63, 3.8) is 0 Å². The summed E-state index contributed by atoms with van der Waals surface area (Å²) in [5.41, 5.74) is 5.82. The highest BCUT2D eigenvalue weighted by Gasteiger charge is 2.10. The van der Waals surface area contributed by atoms with Gasteiger partial charge in [0.25, 0.3) is 0 Å². The van der Waals surface area contributed by atoms with Gasteiger partial charge in [-0.15, -0.1) is 0 Å². The number of hydrogen-bond donors (Lipinski definition) is 2. The second-order valence-corrected chi connectivity index (χ2v) is 6.28. The van der Waals surface area contributed by atoms with Gasteiger partial charge >= 0.3 is 0 Å². The number of methoxy groups -OCH3 is 1. The minimum Gasteiger partial charge on any atom is -0.495 e. The molecule has 2 aromatic carbocycles. The summed E-state index contributed by atoms with van der Waals surface area (Å²) >= 11 is 5.44. The standard InChI is InChI=1S/C19H24N2OS/c1-12-6-9-18(22-5)17(10-12)21-19(23)20-15(4)16-8-7-13(2)14(3)11-16/h6-11,15H,1-5H3,(H2,20,21,23). The molecule has 1 unspecified atom stereocenters. The van der Waals surface area contributed by atoms with Crippen molar-refractivity contribution >= 4 is 23.0 Å². The van der Waals surface area contributed by atoms with Gasteiger partial charge in [-0.3, -0.25) is 0 Å². The van der Waals surface area contributed by atoms with E-state index in [1.165, 1.54) is 16.7 Å². The summed E-state index contributed by atoms with van der Waals surface area (Å²) in [5.74, 6) is 0.776. The van der Waals surface area contributed by atoms with E-state index in [1.54, 1.807) is 7.11 Å². The zero-order valence-electron chi connectivity index (χ0n) is 14.4. The Morgan fingerprint density at radius 1 is 1.04 bits per heavy atom. The number of benzene rings is 2. The van der Waals surface area contributed by atoms with Gasteiger partial charge < -0.3 is 15.4 Å². The molecule has 0 radical (unpaired) electrons. The zero-order chi connectivity index (χ0) is 17.0. The number of nitrogens with one attached hydrogen (secondary N) is 2. The van der Waals surface area contributed by atoms with E-state index in [0.29, 0.717) is 5.11 Å². The van der Waals surface area contributed by atoms with Crippen molar-refractivity contribution < 1.29 is 4.74 Å². The molecule has 122 valence electrons. The van der Waals surface area contributed by atoms with E-state index in [-0.39, 0.29) is 6.04 Å². The van der Waals surface area contributed by atoms with Crippen LogP contribution in [-0.2, 0) is 0 Å². The molecule has 1 atom stereocenters. The van der Waals surface area contributed by atoms with Crippen LogP contribution in [0, 0.1) is 20.8 Å². The van der Waals surface area contributed by atoms with E-state index >= 15 is 0 Å². The largest absolute Gasteiger partial charge is 0.495 e. The summed E-state index contributed by atoms with van der Waals surface area (Å²) in [6.45, 7) is 8.39. The van der Waals surface area contributed by atoms with Crippen LogP contribution >= 0.6 is 12.2 Å². The number of aryl methyl sites for hydroxylation is 3. The van der Waals surface area contributed by atoms with Gasteiger partial charge in [-0.05, 0) is 74.3 Å². The molecule has 0 saturated heterocycles. The second-order valence-electron chi connectivity index (χ2n) is 5.87. The van der Waals surface area contributed by atoms with Crippen LogP contribution in [0.1, 0.15) is 35.2 Å². The SMILES string of the molecule is COc1ccc(C)cc1NC(=S)NC(C)c1ccc(C)c(C)c1. The van der Waals surface area contributed by atoms with Crippen molar-refractivity contribution in [2.24, 2.45) is 0 Å². The number of ether oxygens (including phenoxy) is 1. The zero-order valence-corrected chi connectivity index (χ0v) is 15.2. The van der Waals surface area contributed by atoms with Crippen LogP contribution in [0.4, 0.5) is 5.69 Å². The summed E-state index contributed by atoms with van der Waals surface area (Å²) < 4.78 is 5.37. The molecule has 0 aromatic heterocycles. The molecule has 3 nitrogen and oxygen atoms in total. The molecule has 2 aromatic rings. The van der Waals surface area contributed by atoms with Crippen LogP contribution in [0.3, 0.4) is 0 Å². The fraction of sp³-hybridized carbons (Fsp3) is 0.316. The van der Waals surface area contributed by atoms with E-state index in [4.69, 9.17) is 17.0 Å². The summed E-state index contributed by atoms with van der Waals surface area (Å²) in [5, 5.41) is 7.13. The summed E-state index contributed by atoms with van der Waals surface area (Å²) in [6, 6.07) is 12.6. The molecule has 0 aliphatic rings. The van der Waals surface area contributed by atoms with Crippen LogP contribution in [-0.4, -0.2) is 12.2 Å². The van der Waals surface area contributed by atoms with Crippen molar-refractivity contribution in [2.75, 3.05) is 12.4 Å². The maximum absolute atomic E-state index is 5.44.